The van der Waals surface area contributed by atoms with Crippen molar-refractivity contribution in [2.24, 2.45) is 0 Å². The molecule has 0 aliphatic heterocycles. The molecule has 0 rings (SSSR count). The first-order valence-electron chi connectivity index (χ1n) is 12.5. The van der Waals surface area contributed by atoms with Crippen LogP contribution >= 0.6 is 0 Å². The zero-order valence-corrected chi connectivity index (χ0v) is 27.7. The summed E-state index contributed by atoms with van der Waals surface area (Å²) >= 11 is 0. The summed E-state index contributed by atoms with van der Waals surface area (Å²) in [5.74, 6) is -1.24. The van der Waals surface area contributed by atoms with Gasteiger partial charge in [0.2, 0.25) is 0 Å². The third kappa shape index (κ3) is 20.5. The summed E-state index contributed by atoms with van der Waals surface area (Å²) in [6, 6.07) is 0. The van der Waals surface area contributed by atoms with Gasteiger partial charge in [0.05, 0.1) is 0 Å². The fourth-order valence-corrected chi connectivity index (χ4v) is 5.89. The molecule has 2 atom stereocenters. The van der Waals surface area contributed by atoms with E-state index in [0.29, 0.717) is 25.7 Å². The summed E-state index contributed by atoms with van der Waals surface area (Å²) in [5, 5.41) is -3.91. The van der Waals surface area contributed by atoms with Gasteiger partial charge in [-0.15, -0.1) is 0 Å². The van der Waals surface area contributed by atoms with Crippen LogP contribution in [0.25, 0.3) is 0 Å². The van der Waals surface area contributed by atoms with Crippen molar-refractivity contribution in [3.8, 4) is 0 Å². The molecule has 0 spiro atoms. The predicted octanol–water partition coefficient (Wildman–Crippen LogP) is -0.547. The molecule has 11 heteroatoms. The number of ketones is 1. The Morgan fingerprint density at radius 1 is 0.529 bits per heavy atom. The normalized spacial score (nSPS) is 13.5. The summed E-state index contributed by atoms with van der Waals surface area (Å²) in [4.78, 5) is 12.7. The van der Waals surface area contributed by atoms with Gasteiger partial charge in [0, 0.05) is 0 Å². The monoisotopic (exact) mass is 542 g/mol. The van der Waals surface area contributed by atoms with Crippen molar-refractivity contribution in [1.29, 1.82) is 0 Å². The number of hydrogen-bond acceptors (Lipinski definition) is 7. The Kier molecular flexibility index (Phi) is 27.8. The summed E-state index contributed by atoms with van der Waals surface area (Å²) < 4.78 is 70.0. The molecule has 2 unspecified atom stereocenters. The van der Waals surface area contributed by atoms with Crippen molar-refractivity contribution < 1.29 is 89.9 Å². The fraction of sp³-hybridized carbons (Fsp3) is 0.957. The van der Waals surface area contributed by atoms with Crippen LogP contribution in [0, 0.1) is 0 Å². The second-order valence-electron chi connectivity index (χ2n) is 8.89. The average Bonchev–Trinajstić information content (AvgIpc) is 2.69. The van der Waals surface area contributed by atoms with Crippen LogP contribution in [0.15, 0.2) is 0 Å². The molecule has 0 N–H and O–H groups in total. The largest absolute Gasteiger partial charge is 1.00 e. The zero-order valence-electron chi connectivity index (χ0n) is 22.1. The Morgan fingerprint density at radius 2 is 0.765 bits per heavy atom. The topological polar surface area (TPSA) is 131 Å². The summed E-state index contributed by atoms with van der Waals surface area (Å²) in [6.45, 7) is 4.26. The molecule has 7 nitrogen and oxygen atoms in total. The van der Waals surface area contributed by atoms with E-state index in [0.717, 1.165) is 64.2 Å². The Bertz CT molecular complexity index is 640. The molecule has 0 fully saturated rings. The van der Waals surface area contributed by atoms with Crippen molar-refractivity contribution in [2.75, 3.05) is 0 Å². The third-order valence-corrected chi connectivity index (χ3v) is 8.30. The molecule has 0 amide bonds. The molecule has 0 radical (unpaired) electrons. The van der Waals surface area contributed by atoms with Gasteiger partial charge >= 0.3 is 59.1 Å². The van der Waals surface area contributed by atoms with Crippen LogP contribution in [0.4, 0.5) is 0 Å². The minimum Gasteiger partial charge on any atom is -0.747 e. The van der Waals surface area contributed by atoms with Crippen molar-refractivity contribution in [2.45, 2.75) is 140 Å². The van der Waals surface area contributed by atoms with E-state index in [4.69, 9.17) is 0 Å². The van der Waals surface area contributed by atoms with Crippen LogP contribution in [-0.2, 0) is 25.0 Å². The van der Waals surface area contributed by atoms with Gasteiger partial charge in [-0.25, -0.2) is 16.8 Å². The van der Waals surface area contributed by atoms with Crippen LogP contribution in [0.1, 0.15) is 129 Å². The van der Waals surface area contributed by atoms with E-state index >= 15 is 0 Å². The van der Waals surface area contributed by atoms with E-state index in [1.54, 1.807) is 0 Å². The SMILES string of the molecule is CCCCCCCCCCC(C(=O)C(CCCCCCCCCC)S(=O)(=O)[O-])S(=O)(=O)[O-].[Na+].[Na+]. The molecule has 0 bridgehead atoms. The van der Waals surface area contributed by atoms with E-state index in [1.165, 1.54) is 12.8 Å². The number of rotatable bonds is 22. The Morgan fingerprint density at radius 3 is 1.00 bits per heavy atom. The fourth-order valence-electron chi connectivity index (χ4n) is 3.99. The van der Waals surface area contributed by atoms with Gasteiger partial charge in [-0.05, 0) is 12.8 Å². The molecule has 192 valence electrons. The average molecular weight is 543 g/mol. The zero-order chi connectivity index (χ0) is 24.5. The smallest absolute Gasteiger partial charge is 0.747 e. The quantitative estimate of drug-likeness (QED) is 0.102. The van der Waals surface area contributed by atoms with Crippen molar-refractivity contribution in [1.82, 2.24) is 0 Å². The Balaban J connectivity index is -0.00000480. The van der Waals surface area contributed by atoms with Gasteiger partial charge in [-0.3, -0.25) is 4.79 Å². The predicted molar refractivity (Wildman–Crippen MR) is 126 cm³/mol. The summed E-state index contributed by atoms with van der Waals surface area (Å²) in [6.07, 6.45) is 14.4. The number of unbranched alkanes of at least 4 members (excludes halogenated alkanes) is 14. The number of carbonyl (C=O) groups excluding carboxylic acids is 1. The van der Waals surface area contributed by atoms with E-state index in [-0.39, 0.29) is 72.0 Å². The van der Waals surface area contributed by atoms with Crippen LogP contribution in [0.2, 0.25) is 0 Å². The molecule has 0 aromatic carbocycles. The van der Waals surface area contributed by atoms with E-state index in [9.17, 15) is 30.7 Å². The second-order valence-corrected chi connectivity index (χ2v) is 12.0. The molecule has 0 aliphatic rings. The maximum atomic E-state index is 12.7. The molecule has 34 heavy (non-hydrogen) atoms. The van der Waals surface area contributed by atoms with Gasteiger partial charge in [0.25, 0.3) is 0 Å². The summed E-state index contributed by atoms with van der Waals surface area (Å²) in [5.41, 5.74) is 0. The van der Waals surface area contributed by atoms with E-state index < -0.39 is 36.5 Å². The summed E-state index contributed by atoms with van der Waals surface area (Å²) in [7, 11) is -10.1. The minimum atomic E-state index is -5.03. The number of hydrogen-bond donors (Lipinski definition) is 0. The first-order valence-corrected chi connectivity index (χ1v) is 15.4. The first-order chi connectivity index (χ1) is 15.1. The van der Waals surface area contributed by atoms with Gasteiger partial charge in [0.1, 0.15) is 30.7 Å². The van der Waals surface area contributed by atoms with Crippen molar-refractivity contribution in [3.63, 3.8) is 0 Å². The maximum absolute atomic E-state index is 12.7. The molecule has 0 saturated heterocycles. The Labute approximate surface area is 253 Å². The maximum Gasteiger partial charge on any atom is 1.00 e. The first kappa shape index (κ1) is 40.0. The van der Waals surface area contributed by atoms with Gasteiger partial charge in [0.15, 0.2) is 5.78 Å². The van der Waals surface area contributed by atoms with E-state index in [2.05, 4.69) is 13.8 Å². The molecule has 0 aliphatic carbocycles. The molecular weight excluding hydrogens is 498 g/mol. The van der Waals surface area contributed by atoms with Crippen LogP contribution in [0.3, 0.4) is 0 Å². The Hall–Kier alpha value is 1.49. The van der Waals surface area contributed by atoms with E-state index in [1.807, 2.05) is 0 Å². The number of carbonyl (C=O) groups is 1. The molecule has 0 heterocycles. The van der Waals surface area contributed by atoms with Crippen molar-refractivity contribution in [3.05, 3.63) is 0 Å². The molecule has 0 saturated carbocycles. The minimum absolute atomic E-state index is 0. The standard InChI is InChI=1S/C23H46O7S2.2Na/c1-3-5-7-9-11-13-15-17-19-21(31(25,26)27)23(24)22(32(28,29)30)20-18-16-14-12-10-8-6-4-2;;/h21-22H,3-20H2,1-2H3,(H,25,26,27)(H,28,29,30);;/q;2*+1/p-2. The number of Topliss-reactive ketones (excluding diaryl/α,β-unsaturated/α-hetero) is 1. The van der Waals surface area contributed by atoms with Gasteiger partial charge in [-0.2, -0.15) is 0 Å². The third-order valence-electron chi connectivity index (χ3n) is 5.97. The van der Waals surface area contributed by atoms with Gasteiger partial charge < -0.3 is 9.11 Å². The van der Waals surface area contributed by atoms with Gasteiger partial charge in [-0.1, -0.05) is 117 Å². The van der Waals surface area contributed by atoms with Crippen LogP contribution in [0.5, 0.6) is 0 Å². The molecule has 0 aromatic heterocycles. The molecule has 0 aromatic rings. The molecular formula is C23H44Na2O7S2. The second kappa shape index (κ2) is 23.6. The van der Waals surface area contributed by atoms with Crippen LogP contribution < -0.4 is 59.1 Å². The van der Waals surface area contributed by atoms with Crippen molar-refractivity contribution >= 4 is 26.0 Å². The van der Waals surface area contributed by atoms with Crippen LogP contribution in [-0.4, -0.2) is 42.2 Å².